The van der Waals surface area contributed by atoms with Crippen molar-refractivity contribution in [3.05, 3.63) is 29.8 Å². The van der Waals surface area contributed by atoms with Gasteiger partial charge in [-0.2, -0.15) is 0 Å². The maximum absolute atomic E-state index is 11.5. The van der Waals surface area contributed by atoms with Gasteiger partial charge in [0.2, 0.25) is 0 Å². The van der Waals surface area contributed by atoms with Crippen molar-refractivity contribution in [3.63, 3.8) is 0 Å². The second-order valence-electron chi connectivity index (χ2n) is 3.86. The van der Waals surface area contributed by atoms with Crippen LogP contribution in [0.1, 0.15) is 25.8 Å². The molecule has 0 heterocycles. The molecule has 0 radical (unpaired) electrons. The molecule has 4 heteroatoms. The molecule has 0 saturated heterocycles. The summed E-state index contributed by atoms with van der Waals surface area (Å²) in [5, 5.41) is -0.126. The molecule has 0 saturated carbocycles. The Labute approximate surface area is 107 Å². The third-order valence-corrected chi connectivity index (χ3v) is 3.45. The molecule has 1 atom stereocenters. The van der Waals surface area contributed by atoms with Gasteiger partial charge < -0.3 is 10.5 Å². The molecule has 94 valence electrons. The van der Waals surface area contributed by atoms with E-state index in [0.717, 1.165) is 17.9 Å². The van der Waals surface area contributed by atoms with Crippen LogP contribution >= 0.6 is 11.8 Å². The molecule has 1 aromatic rings. The Morgan fingerprint density at radius 1 is 1.41 bits per heavy atom. The number of hydrogen-bond acceptors (Lipinski definition) is 4. The van der Waals surface area contributed by atoms with E-state index in [1.807, 2.05) is 38.1 Å². The molecule has 0 aliphatic carbocycles. The molecule has 0 bridgehead atoms. The van der Waals surface area contributed by atoms with Crippen molar-refractivity contribution in [1.29, 1.82) is 0 Å². The van der Waals surface area contributed by atoms with Crippen LogP contribution in [-0.2, 0) is 15.3 Å². The van der Waals surface area contributed by atoms with E-state index in [1.54, 1.807) is 11.8 Å². The SMILES string of the molecule is CCCOC(=O)C(C)SCc1ccc(N)cc1. The molecule has 1 aromatic carbocycles. The maximum atomic E-state index is 11.5. The van der Waals surface area contributed by atoms with Crippen LogP contribution in [0.15, 0.2) is 24.3 Å². The van der Waals surface area contributed by atoms with E-state index < -0.39 is 0 Å². The van der Waals surface area contributed by atoms with Gasteiger partial charge in [0.05, 0.1) is 11.9 Å². The third kappa shape index (κ3) is 5.13. The van der Waals surface area contributed by atoms with E-state index in [4.69, 9.17) is 10.5 Å². The first kappa shape index (κ1) is 13.9. The van der Waals surface area contributed by atoms with E-state index in [2.05, 4.69) is 0 Å². The Balaban J connectivity index is 2.34. The Morgan fingerprint density at radius 2 is 2.06 bits per heavy atom. The quantitative estimate of drug-likeness (QED) is 0.625. The summed E-state index contributed by atoms with van der Waals surface area (Å²) in [6, 6.07) is 7.70. The van der Waals surface area contributed by atoms with Crippen molar-refractivity contribution in [1.82, 2.24) is 0 Å². The first-order valence-corrected chi connectivity index (χ1v) is 6.81. The number of thioether (sulfide) groups is 1. The highest BCUT2D eigenvalue weighted by atomic mass is 32.2. The first-order valence-electron chi connectivity index (χ1n) is 5.76. The number of hydrogen-bond donors (Lipinski definition) is 1. The van der Waals surface area contributed by atoms with Crippen molar-refractivity contribution >= 4 is 23.4 Å². The molecular formula is C13H19NO2S. The maximum Gasteiger partial charge on any atom is 0.318 e. The fraction of sp³-hybridized carbons (Fsp3) is 0.462. The molecule has 0 aromatic heterocycles. The first-order chi connectivity index (χ1) is 8.13. The van der Waals surface area contributed by atoms with Crippen molar-refractivity contribution in [2.45, 2.75) is 31.3 Å². The normalized spacial score (nSPS) is 12.1. The summed E-state index contributed by atoms with van der Waals surface area (Å²) < 4.78 is 5.08. The minimum Gasteiger partial charge on any atom is -0.465 e. The second kappa shape index (κ2) is 7.22. The zero-order valence-electron chi connectivity index (χ0n) is 10.3. The Morgan fingerprint density at radius 3 is 2.65 bits per heavy atom. The van der Waals surface area contributed by atoms with Crippen LogP contribution in [-0.4, -0.2) is 17.8 Å². The summed E-state index contributed by atoms with van der Waals surface area (Å²) in [5.41, 5.74) is 7.53. The number of nitrogen functional groups attached to an aromatic ring is 1. The minimum atomic E-state index is -0.132. The van der Waals surface area contributed by atoms with Crippen LogP contribution in [0.25, 0.3) is 0 Å². The zero-order chi connectivity index (χ0) is 12.7. The molecular weight excluding hydrogens is 234 g/mol. The highest BCUT2D eigenvalue weighted by Gasteiger charge is 2.14. The molecule has 1 rings (SSSR count). The number of esters is 1. The van der Waals surface area contributed by atoms with E-state index in [-0.39, 0.29) is 11.2 Å². The van der Waals surface area contributed by atoms with Crippen LogP contribution in [0, 0.1) is 0 Å². The average Bonchev–Trinajstić information content (AvgIpc) is 2.34. The van der Waals surface area contributed by atoms with Gasteiger partial charge in [-0.3, -0.25) is 4.79 Å². The van der Waals surface area contributed by atoms with Crippen molar-refractivity contribution in [3.8, 4) is 0 Å². The summed E-state index contributed by atoms with van der Waals surface area (Å²) >= 11 is 1.58. The van der Waals surface area contributed by atoms with Crippen molar-refractivity contribution in [2.75, 3.05) is 12.3 Å². The van der Waals surface area contributed by atoms with Gasteiger partial charge in [0, 0.05) is 11.4 Å². The number of rotatable bonds is 6. The average molecular weight is 253 g/mol. The number of ether oxygens (including phenoxy) is 1. The molecule has 2 N–H and O–H groups in total. The summed E-state index contributed by atoms with van der Waals surface area (Å²) in [5.74, 6) is 0.662. The number of anilines is 1. The van der Waals surface area contributed by atoms with Crippen LogP contribution in [0.2, 0.25) is 0 Å². The fourth-order valence-electron chi connectivity index (χ4n) is 1.22. The standard InChI is InChI=1S/C13H19NO2S/c1-3-8-16-13(15)10(2)17-9-11-4-6-12(14)7-5-11/h4-7,10H,3,8-9,14H2,1-2H3. The molecule has 17 heavy (non-hydrogen) atoms. The number of nitrogens with two attached hydrogens (primary N) is 1. The summed E-state index contributed by atoms with van der Waals surface area (Å²) in [7, 11) is 0. The van der Waals surface area contributed by atoms with E-state index in [9.17, 15) is 4.79 Å². The zero-order valence-corrected chi connectivity index (χ0v) is 11.1. The van der Waals surface area contributed by atoms with Crippen LogP contribution < -0.4 is 5.73 Å². The molecule has 0 aliphatic heterocycles. The Hall–Kier alpha value is -1.16. The molecule has 0 aliphatic rings. The predicted molar refractivity (Wildman–Crippen MR) is 72.9 cm³/mol. The molecule has 0 amide bonds. The van der Waals surface area contributed by atoms with E-state index in [1.165, 1.54) is 5.56 Å². The van der Waals surface area contributed by atoms with Crippen LogP contribution in [0.4, 0.5) is 5.69 Å². The van der Waals surface area contributed by atoms with Gasteiger partial charge in [-0.1, -0.05) is 19.1 Å². The predicted octanol–water partition coefficient (Wildman–Crippen LogP) is 2.84. The molecule has 0 fully saturated rings. The number of carbonyl (C=O) groups excluding carboxylic acids is 1. The van der Waals surface area contributed by atoms with E-state index in [0.29, 0.717) is 6.61 Å². The molecule has 1 unspecified atom stereocenters. The highest BCUT2D eigenvalue weighted by Crippen LogP contribution is 2.19. The number of carbonyl (C=O) groups is 1. The van der Waals surface area contributed by atoms with Gasteiger partial charge in [-0.15, -0.1) is 11.8 Å². The fourth-order valence-corrected chi connectivity index (χ4v) is 2.06. The summed E-state index contributed by atoms with van der Waals surface area (Å²) in [4.78, 5) is 11.5. The van der Waals surface area contributed by atoms with Gasteiger partial charge in [-0.05, 0) is 31.0 Å². The Kier molecular flexibility index (Phi) is 5.91. The van der Waals surface area contributed by atoms with Crippen molar-refractivity contribution in [2.24, 2.45) is 0 Å². The van der Waals surface area contributed by atoms with E-state index >= 15 is 0 Å². The topological polar surface area (TPSA) is 52.3 Å². The lowest BCUT2D eigenvalue weighted by Crippen LogP contribution is -2.17. The van der Waals surface area contributed by atoms with Crippen molar-refractivity contribution < 1.29 is 9.53 Å². The van der Waals surface area contributed by atoms with Gasteiger partial charge in [-0.25, -0.2) is 0 Å². The highest BCUT2D eigenvalue weighted by molar-refractivity contribution is 7.99. The van der Waals surface area contributed by atoms with Crippen LogP contribution in [0.5, 0.6) is 0 Å². The lowest BCUT2D eigenvalue weighted by Gasteiger charge is -2.10. The van der Waals surface area contributed by atoms with Gasteiger partial charge >= 0.3 is 5.97 Å². The lowest BCUT2D eigenvalue weighted by atomic mass is 10.2. The minimum absolute atomic E-state index is 0.126. The monoisotopic (exact) mass is 253 g/mol. The third-order valence-electron chi connectivity index (χ3n) is 2.26. The smallest absolute Gasteiger partial charge is 0.318 e. The van der Waals surface area contributed by atoms with Gasteiger partial charge in [0.15, 0.2) is 0 Å². The van der Waals surface area contributed by atoms with Gasteiger partial charge in [0.1, 0.15) is 0 Å². The molecule has 0 spiro atoms. The lowest BCUT2D eigenvalue weighted by molar-refractivity contribution is -0.142. The second-order valence-corrected chi connectivity index (χ2v) is 5.19. The molecule has 3 nitrogen and oxygen atoms in total. The summed E-state index contributed by atoms with van der Waals surface area (Å²) in [6.07, 6.45) is 0.862. The number of benzene rings is 1. The van der Waals surface area contributed by atoms with Gasteiger partial charge in [0.25, 0.3) is 0 Å². The van der Waals surface area contributed by atoms with Crippen LogP contribution in [0.3, 0.4) is 0 Å². The largest absolute Gasteiger partial charge is 0.465 e. The Bertz CT molecular complexity index is 351. The summed E-state index contributed by atoms with van der Waals surface area (Å²) in [6.45, 7) is 4.37.